The maximum Gasteiger partial charge on any atom is 0.240 e. The van der Waals surface area contributed by atoms with Gasteiger partial charge in [-0.05, 0) is 25.7 Å². The molecule has 3 heteroatoms. The van der Waals surface area contributed by atoms with Gasteiger partial charge in [0.05, 0.1) is 12.2 Å². The molecule has 1 aliphatic heterocycles. The fourth-order valence-electron chi connectivity index (χ4n) is 2.18. The van der Waals surface area contributed by atoms with Crippen LogP contribution in [0.4, 0.5) is 0 Å². The van der Waals surface area contributed by atoms with Crippen LogP contribution in [0.25, 0.3) is 0 Å². The third-order valence-electron chi connectivity index (χ3n) is 3.33. The van der Waals surface area contributed by atoms with Gasteiger partial charge in [0.2, 0.25) is 5.91 Å². The second-order valence-corrected chi connectivity index (χ2v) is 4.58. The molecular weight excluding hydrogens is 176 g/mol. The third-order valence-corrected chi connectivity index (χ3v) is 3.33. The quantitative estimate of drug-likeness (QED) is 0.736. The Balaban J connectivity index is 1.88. The molecule has 2 unspecified atom stereocenters. The summed E-state index contributed by atoms with van der Waals surface area (Å²) >= 11 is 0. The van der Waals surface area contributed by atoms with Gasteiger partial charge in [0.15, 0.2) is 0 Å². The van der Waals surface area contributed by atoms with E-state index in [2.05, 4.69) is 12.2 Å². The number of hydrogen-bond acceptors (Lipinski definition) is 2. The molecule has 3 nitrogen and oxygen atoms in total. The first-order valence-corrected chi connectivity index (χ1v) is 5.79. The van der Waals surface area contributed by atoms with Crippen LogP contribution in [0.15, 0.2) is 0 Å². The van der Waals surface area contributed by atoms with Crippen molar-refractivity contribution in [2.75, 3.05) is 6.54 Å². The Bertz CT molecular complexity index is 225. The van der Waals surface area contributed by atoms with Crippen LogP contribution in [-0.4, -0.2) is 29.6 Å². The first kappa shape index (κ1) is 9.97. The zero-order valence-electron chi connectivity index (χ0n) is 9.12. The number of nitrogens with zero attached hydrogens (tertiary/aromatic N) is 1. The first-order valence-electron chi connectivity index (χ1n) is 5.79. The van der Waals surface area contributed by atoms with Gasteiger partial charge in [-0.15, -0.1) is 0 Å². The Hall–Kier alpha value is -0.570. The van der Waals surface area contributed by atoms with E-state index in [-0.39, 0.29) is 18.1 Å². The Morgan fingerprint density at radius 2 is 2.21 bits per heavy atom. The summed E-state index contributed by atoms with van der Waals surface area (Å²) in [4.78, 5) is 13.8. The van der Waals surface area contributed by atoms with E-state index in [1.165, 1.54) is 19.3 Å². The molecule has 0 aromatic heterocycles. The van der Waals surface area contributed by atoms with Crippen LogP contribution in [0.2, 0.25) is 0 Å². The number of carbonyl (C=O) groups is 1. The molecule has 2 atom stereocenters. The molecule has 2 aliphatic rings. The van der Waals surface area contributed by atoms with Crippen molar-refractivity contribution in [2.24, 2.45) is 5.92 Å². The highest BCUT2D eigenvalue weighted by Gasteiger charge is 2.35. The molecule has 2 rings (SSSR count). The summed E-state index contributed by atoms with van der Waals surface area (Å²) in [6.07, 6.45) is 5.26. The molecule has 2 fully saturated rings. The van der Waals surface area contributed by atoms with E-state index in [1.807, 2.05) is 11.8 Å². The number of carbonyl (C=O) groups excluding carboxylic acids is 1. The summed E-state index contributed by atoms with van der Waals surface area (Å²) in [5, 5.41) is 3.32. The normalized spacial score (nSPS) is 32.7. The third kappa shape index (κ3) is 1.92. The van der Waals surface area contributed by atoms with Crippen LogP contribution in [0.5, 0.6) is 0 Å². The Labute approximate surface area is 85.8 Å². The summed E-state index contributed by atoms with van der Waals surface area (Å²) in [5.41, 5.74) is 0. The van der Waals surface area contributed by atoms with E-state index in [1.54, 1.807) is 0 Å². The molecule has 1 aliphatic carbocycles. The van der Waals surface area contributed by atoms with Crippen molar-refractivity contribution in [1.29, 1.82) is 0 Å². The maximum absolute atomic E-state index is 11.8. The number of amides is 1. The predicted molar refractivity (Wildman–Crippen MR) is 55.7 cm³/mol. The zero-order valence-corrected chi connectivity index (χ0v) is 9.12. The first-order chi connectivity index (χ1) is 6.72. The standard InChI is InChI=1S/C11H20N2O/c1-3-10-12-8(2)11(14)13(10)7-6-9-4-5-9/h8-10,12H,3-7H2,1-2H3. The lowest BCUT2D eigenvalue weighted by molar-refractivity contribution is -0.129. The van der Waals surface area contributed by atoms with Crippen molar-refractivity contribution in [3.8, 4) is 0 Å². The van der Waals surface area contributed by atoms with Gasteiger partial charge in [0, 0.05) is 6.54 Å². The van der Waals surface area contributed by atoms with E-state index in [0.717, 1.165) is 18.9 Å². The van der Waals surface area contributed by atoms with Gasteiger partial charge in [-0.2, -0.15) is 0 Å². The van der Waals surface area contributed by atoms with E-state index in [4.69, 9.17) is 0 Å². The second kappa shape index (κ2) is 3.89. The Kier molecular flexibility index (Phi) is 2.77. The SMILES string of the molecule is CCC1NC(C)C(=O)N1CCC1CC1. The molecule has 0 bridgehead atoms. The van der Waals surface area contributed by atoms with Gasteiger partial charge in [0.25, 0.3) is 0 Å². The fraction of sp³-hybridized carbons (Fsp3) is 0.909. The second-order valence-electron chi connectivity index (χ2n) is 4.58. The molecule has 1 amide bonds. The van der Waals surface area contributed by atoms with Crippen LogP contribution in [0.3, 0.4) is 0 Å². The van der Waals surface area contributed by atoms with Crippen molar-refractivity contribution in [1.82, 2.24) is 10.2 Å². The highest BCUT2D eigenvalue weighted by atomic mass is 16.2. The van der Waals surface area contributed by atoms with Gasteiger partial charge in [-0.25, -0.2) is 0 Å². The van der Waals surface area contributed by atoms with Crippen LogP contribution in [-0.2, 0) is 4.79 Å². The van der Waals surface area contributed by atoms with Gasteiger partial charge < -0.3 is 4.90 Å². The van der Waals surface area contributed by atoms with Gasteiger partial charge in [-0.1, -0.05) is 19.8 Å². The highest BCUT2D eigenvalue weighted by molar-refractivity contribution is 5.83. The lowest BCUT2D eigenvalue weighted by Crippen LogP contribution is -2.37. The summed E-state index contributed by atoms with van der Waals surface area (Å²) in [6.45, 7) is 5.05. The molecule has 80 valence electrons. The molecule has 1 heterocycles. The van der Waals surface area contributed by atoms with Crippen LogP contribution >= 0.6 is 0 Å². The topological polar surface area (TPSA) is 32.3 Å². The van der Waals surface area contributed by atoms with E-state index < -0.39 is 0 Å². The van der Waals surface area contributed by atoms with Crippen molar-refractivity contribution in [3.05, 3.63) is 0 Å². The van der Waals surface area contributed by atoms with Crippen molar-refractivity contribution in [3.63, 3.8) is 0 Å². The lowest BCUT2D eigenvalue weighted by atomic mass is 10.2. The Morgan fingerprint density at radius 3 is 2.79 bits per heavy atom. The number of nitrogens with one attached hydrogen (secondary N) is 1. The predicted octanol–water partition coefficient (Wildman–Crippen LogP) is 1.34. The van der Waals surface area contributed by atoms with Crippen molar-refractivity contribution >= 4 is 5.91 Å². The van der Waals surface area contributed by atoms with Gasteiger partial charge >= 0.3 is 0 Å². The largest absolute Gasteiger partial charge is 0.326 e. The average Bonchev–Trinajstić information content (AvgIpc) is 2.95. The van der Waals surface area contributed by atoms with Crippen LogP contribution in [0.1, 0.15) is 39.5 Å². The van der Waals surface area contributed by atoms with Crippen molar-refractivity contribution in [2.45, 2.75) is 51.7 Å². The molecule has 1 N–H and O–H groups in total. The minimum atomic E-state index is 0.0270. The molecular formula is C11H20N2O. The average molecular weight is 196 g/mol. The summed E-state index contributed by atoms with van der Waals surface area (Å²) < 4.78 is 0. The lowest BCUT2D eigenvalue weighted by Gasteiger charge is -2.22. The van der Waals surface area contributed by atoms with Gasteiger partial charge in [-0.3, -0.25) is 10.1 Å². The van der Waals surface area contributed by atoms with Crippen LogP contribution < -0.4 is 5.32 Å². The van der Waals surface area contributed by atoms with E-state index in [9.17, 15) is 4.79 Å². The smallest absolute Gasteiger partial charge is 0.240 e. The summed E-state index contributed by atoms with van der Waals surface area (Å²) in [7, 11) is 0. The van der Waals surface area contributed by atoms with Crippen molar-refractivity contribution < 1.29 is 4.79 Å². The molecule has 1 saturated heterocycles. The molecule has 0 radical (unpaired) electrons. The molecule has 0 aromatic carbocycles. The minimum absolute atomic E-state index is 0.0270. The molecule has 0 spiro atoms. The molecule has 0 aromatic rings. The van der Waals surface area contributed by atoms with Crippen LogP contribution in [0, 0.1) is 5.92 Å². The number of hydrogen-bond donors (Lipinski definition) is 1. The van der Waals surface area contributed by atoms with E-state index >= 15 is 0 Å². The Morgan fingerprint density at radius 1 is 1.50 bits per heavy atom. The van der Waals surface area contributed by atoms with Gasteiger partial charge in [0.1, 0.15) is 0 Å². The minimum Gasteiger partial charge on any atom is -0.326 e. The number of rotatable bonds is 4. The molecule has 1 saturated carbocycles. The maximum atomic E-state index is 11.8. The summed E-state index contributed by atoms with van der Waals surface area (Å²) in [5.74, 6) is 1.20. The fourth-order valence-corrected chi connectivity index (χ4v) is 2.18. The summed E-state index contributed by atoms with van der Waals surface area (Å²) in [6, 6.07) is 0.0270. The highest BCUT2D eigenvalue weighted by Crippen LogP contribution is 2.33. The monoisotopic (exact) mass is 196 g/mol. The zero-order chi connectivity index (χ0) is 10.1. The molecule has 14 heavy (non-hydrogen) atoms. The van der Waals surface area contributed by atoms with E-state index in [0.29, 0.717) is 0 Å².